The average Bonchev–Trinajstić information content (AvgIpc) is 2.71. The zero-order valence-corrected chi connectivity index (χ0v) is 9.95. The molecule has 1 N–H and O–H groups in total. The van der Waals surface area contributed by atoms with Crippen LogP contribution >= 0.6 is 0 Å². The summed E-state index contributed by atoms with van der Waals surface area (Å²) in [6.45, 7) is 0. The number of ether oxygens (including phenoxy) is 2. The van der Waals surface area contributed by atoms with Crippen LogP contribution in [0.25, 0.3) is 0 Å². The Kier molecular flexibility index (Phi) is 3.18. The van der Waals surface area contributed by atoms with Crippen LogP contribution in [0.2, 0.25) is 0 Å². The average molecular weight is 248 g/mol. The molecule has 0 bridgehead atoms. The van der Waals surface area contributed by atoms with Crippen LogP contribution in [0.15, 0.2) is 30.5 Å². The Bertz CT molecular complexity index is 577. The van der Waals surface area contributed by atoms with Crippen molar-refractivity contribution in [2.75, 3.05) is 7.11 Å². The van der Waals surface area contributed by atoms with Crippen LogP contribution in [-0.2, 0) is 7.05 Å². The minimum absolute atomic E-state index is 0.0598. The summed E-state index contributed by atoms with van der Waals surface area (Å²) in [7, 11) is 3.22. The van der Waals surface area contributed by atoms with Crippen LogP contribution in [0.3, 0.4) is 0 Å². The number of imidazole rings is 1. The number of aromatic carboxylic acids is 1. The van der Waals surface area contributed by atoms with Gasteiger partial charge in [0.1, 0.15) is 11.5 Å². The summed E-state index contributed by atoms with van der Waals surface area (Å²) < 4.78 is 12.1. The zero-order chi connectivity index (χ0) is 13.1. The van der Waals surface area contributed by atoms with Crippen LogP contribution in [-0.4, -0.2) is 27.7 Å². The van der Waals surface area contributed by atoms with E-state index in [1.807, 2.05) is 0 Å². The predicted octanol–water partition coefficient (Wildman–Crippen LogP) is 1.92. The van der Waals surface area contributed by atoms with E-state index in [2.05, 4.69) is 4.98 Å². The number of benzene rings is 1. The van der Waals surface area contributed by atoms with Crippen molar-refractivity contribution in [1.29, 1.82) is 0 Å². The van der Waals surface area contributed by atoms with Gasteiger partial charge in [-0.3, -0.25) is 0 Å². The zero-order valence-electron chi connectivity index (χ0n) is 9.95. The van der Waals surface area contributed by atoms with E-state index in [0.29, 0.717) is 11.5 Å². The Morgan fingerprint density at radius 1 is 1.39 bits per heavy atom. The van der Waals surface area contributed by atoms with Gasteiger partial charge in [0, 0.05) is 19.3 Å². The van der Waals surface area contributed by atoms with Crippen LogP contribution < -0.4 is 9.47 Å². The predicted molar refractivity (Wildman–Crippen MR) is 63.2 cm³/mol. The number of methoxy groups -OCH3 is 1. The SMILES string of the molecule is COc1cccc(Oc2nc(C(=O)O)cn2C)c1. The highest BCUT2D eigenvalue weighted by Crippen LogP contribution is 2.24. The van der Waals surface area contributed by atoms with E-state index in [0.717, 1.165) is 0 Å². The second-order valence-corrected chi connectivity index (χ2v) is 3.61. The molecule has 0 fully saturated rings. The smallest absolute Gasteiger partial charge is 0.356 e. The first-order valence-corrected chi connectivity index (χ1v) is 5.18. The van der Waals surface area contributed by atoms with Crippen molar-refractivity contribution in [3.05, 3.63) is 36.2 Å². The maximum atomic E-state index is 10.8. The van der Waals surface area contributed by atoms with Crippen LogP contribution in [0.5, 0.6) is 17.5 Å². The molecule has 0 amide bonds. The molecule has 0 aliphatic heterocycles. The minimum atomic E-state index is -1.09. The second-order valence-electron chi connectivity index (χ2n) is 3.61. The third kappa shape index (κ3) is 2.42. The number of carbonyl (C=O) groups is 1. The molecule has 2 rings (SSSR count). The lowest BCUT2D eigenvalue weighted by Gasteiger charge is -2.06. The Morgan fingerprint density at radius 3 is 2.72 bits per heavy atom. The number of carboxylic acid groups (broad SMARTS) is 1. The topological polar surface area (TPSA) is 73.6 Å². The standard InChI is InChI=1S/C12H12N2O4/c1-14-7-10(11(15)16)13-12(14)18-9-5-3-4-8(6-9)17-2/h3-7H,1-2H3,(H,15,16). The summed E-state index contributed by atoms with van der Waals surface area (Å²) in [5.41, 5.74) is -0.0598. The normalized spacial score (nSPS) is 10.1. The highest BCUT2D eigenvalue weighted by molar-refractivity contribution is 5.85. The van der Waals surface area contributed by atoms with Crippen molar-refractivity contribution < 1.29 is 19.4 Å². The molecule has 0 saturated carbocycles. The van der Waals surface area contributed by atoms with Gasteiger partial charge in [-0.05, 0) is 12.1 Å². The number of aromatic nitrogens is 2. The highest BCUT2D eigenvalue weighted by Gasteiger charge is 2.12. The highest BCUT2D eigenvalue weighted by atomic mass is 16.5. The summed E-state index contributed by atoms with van der Waals surface area (Å²) in [4.78, 5) is 14.6. The fraction of sp³-hybridized carbons (Fsp3) is 0.167. The van der Waals surface area contributed by atoms with E-state index in [1.54, 1.807) is 38.4 Å². The van der Waals surface area contributed by atoms with Gasteiger partial charge in [-0.15, -0.1) is 0 Å². The van der Waals surface area contributed by atoms with E-state index in [9.17, 15) is 4.79 Å². The van der Waals surface area contributed by atoms with E-state index in [4.69, 9.17) is 14.6 Å². The minimum Gasteiger partial charge on any atom is -0.497 e. The van der Waals surface area contributed by atoms with E-state index >= 15 is 0 Å². The van der Waals surface area contributed by atoms with Crippen LogP contribution in [0, 0.1) is 0 Å². The number of nitrogens with zero attached hydrogens (tertiary/aromatic N) is 2. The first-order chi connectivity index (χ1) is 8.60. The molecule has 0 aliphatic rings. The van der Waals surface area contributed by atoms with Gasteiger partial charge in [-0.1, -0.05) is 6.07 Å². The lowest BCUT2D eigenvalue weighted by Crippen LogP contribution is -1.95. The van der Waals surface area contributed by atoms with Crippen molar-refractivity contribution in [1.82, 2.24) is 9.55 Å². The molecule has 0 spiro atoms. The molecule has 0 unspecified atom stereocenters. The van der Waals surface area contributed by atoms with Crippen molar-refractivity contribution in [3.63, 3.8) is 0 Å². The van der Waals surface area contributed by atoms with Gasteiger partial charge in [-0.2, -0.15) is 4.98 Å². The molecular formula is C12H12N2O4. The molecule has 94 valence electrons. The molecule has 0 saturated heterocycles. The molecule has 1 heterocycles. The lowest BCUT2D eigenvalue weighted by atomic mass is 10.3. The van der Waals surface area contributed by atoms with Crippen molar-refractivity contribution in [2.45, 2.75) is 0 Å². The number of carboxylic acids is 1. The third-order valence-corrected chi connectivity index (χ3v) is 2.30. The van der Waals surface area contributed by atoms with Gasteiger partial charge in [0.2, 0.25) is 0 Å². The first kappa shape index (κ1) is 12.0. The van der Waals surface area contributed by atoms with Crippen LogP contribution in [0.1, 0.15) is 10.5 Å². The first-order valence-electron chi connectivity index (χ1n) is 5.18. The largest absolute Gasteiger partial charge is 0.497 e. The van der Waals surface area contributed by atoms with E-state index in [-0.39, 0.29) is 11.7 Å². The second kappa shape index (κ2) is 4.79. The summed E-state index contributed by atoms with van der Waals surface area (Å²) in [5.74, 6) is 0.0891. The molecule has 2 aromatic rings. The molecule has 0 radical (unpaired) electrons. The number of aryl methyl sites for hydroxylation is 1. The van der Waals surface area contributed by atoms with Crippen molar-refractivity contribution in [3.8, 4) is 17.5 Å². The number of hydrogen-bond acceptors (Lipinski definition) is 4. The van der Waals surface area contributed by atoms with Crippen LogP contribution in [0.4, 0.5) is 0 Å². The fourth-order valence-electron chi connectivity index (χ4n) is 1.42. The molecule has 18 heavy (non-hydrogen) atoms. The summed E-state index contributed by atoms with van der Waals surface area (Å²) in [5, 5.41) is 8.82. The monoisotopic (exact) mass is 248 g/mol. The number of rotatable bonds is 4. The maximum Gasteiger partial charge on any atom is 0.356 e. The molecule has 6 nitrogen and oxygen atoms in total. The Morgan fingerprint density at radius 2 is 2.11 bits per heavy atom. The molecule has 1 aromatic heterocycles. The van der Waals surface area contributed by atoms with Gasteiger partial charge in [-0.25, -0.2) is 4.79 Å². The van der Waals surface area contributed by atoms with Gasteiger partial charge in [0.25, 0.3) is 0 Å². The summed E-state index contributed by atoms with van der Waals surface area (Å²) >= 11 is 0. The van der Waals surface area contributed by atoms with E-state index < -0.39 is 5.97 Å². The van der Waals surface area contributed by atoms with Gasteiger partial charge >= 0.3 is 12.0 Å². The Balaban J connectivity index is 2.25. The van der Waals surface area contributed by atoms with Gasteiger partial charge in [0.05, 0.1) is 7.11 Å². The maximum absolute atomic E-state index is 10.8. The molecule has 0 atom stereocenters. The lowest BCUT2D eigenvalue weighted by molar-refractivity contribution is 0.0690. The molecular weight excluding hydrogens is 236 g/mol. The Labute approximate surface area is 103 Å². The van der Waals surface area contributed by atoms with Gasteiger partial charge < -0.3 is 19.1 Å². The summed E-state index contributed by atoms with van der Waals surface area (Å²) in [6.07, 6.45) is 1.39. The molecule has 6 heteroatoms. The Hall–Kier alpha value is -2.50. The molecule has 0 aliphatic carbocycles. The quantitative estimate of drug-likeness (QED) is 0.894. The fourth-order valence-corrected chi connectivity index (χ4v) is 1.42. The summed E-state index contributed by atoms with van der Waals surface area (Å²) in [6, 6.07) is 7.19. The van der Waals surface area contributed by atoms with Crippen molar-refractivity contribution in [2.24, 2.45) is 7.05 Å². The molecule has 1 aromatic carbocycles. The van der Waals surface area contributed by atoms with Gasteiger partial charge in [0.15, 0.2) is 5.69 Å². The van der Waals surface area contributed by atoms with E-state index in [1.165, 1.54) is 10.8 Å². The van der Waals surface area contributed by atoms with Crippen molar-refractivity contribution >= 4 is 5.97 Å². The number of hydrogen-bond donors (Lipinski definition) is 1. The third-order valence-electron chi connectivity index (χ3n) is 2.30.